The fourth-order valence-corrected chi connectivity index (χ4v) is 4.26. The topological polar surface area (TPSA) is 54.3 Å². The van der Waals surface area contributed by atoms with Crippen molar-refractivity contribution in [1.82, 2.24) is 14.8 Å². The van der Waals surface area contributed by atoms with E-state index >= 15 is 0 Å². The lowest BCUT2D eigenvalue weighted by atomic mass is 9.99. The van der Waals surface area contributed by atoms with Crippen molar-refractivity contribution in [3.63, 3.8) is 0 Å². The van der Waals surface area contributed by atoms with E-state index in [9.17, 15) is 18.4 Å². The first-order valence-corrected chi connectivity index (χ1v) is 8.97. The first-order chi connectivity index (χ1) is 11.9. The van der Waals surface area contributed by atoms with Crippen molar-refractivity contribution in [2.75, 3.05) is 26.2 Å². The van der Waals surface area contributed by atoms with Crippen LogP contribution >= 0.6 is 0 Å². The fourth-order valence-electron chi connectivity index (χ4n) is 4.26. The predicted molar refractivity (Wildman–Crippen MR) is 88.9 cm³/mol. The Morgan fingerprint density at radius 2 is 2.08 bits per heavy atom. The Hall–Kier alpha value is -1.76. The monoisotopic (exact) mass is 351 g/mol. The Bertz CT molecular complexity index is 741. The standard InChI is InChI=1S/C18H23F2N3O2/c1-11-4-6-22(8-12-3-2-5-21-7-12)16(24)15(11)17(25)23-9-13-14(10-23)18(13,19)20/h4,6,12-14,21H,2-3,5,7-10H2,1H3. The van der Waals surface area contributed by atoms with Crippen molar-refractivity contribution in [3.05, 3.63) is 33.7 Å². The number of alkyl halides is 2. The van der Waals surface area contributed by atoms with Crippen LogP contribution in [0.5, 0.6) is 0 Å². The molecule has 1 saturated carbocycles. The zero-order chi connectivity index (χ0) is 17.8. The molecule has 0 aromatic carbocycles. The summed E-state index contributed by atoms with van der Waals surface area (Å²) in [4.78, 5) is 27.0. The number of halogens is 2. The minimum atomic E-state index is -2.63. The molecule has 3 unspecified atom stereocenters. The largest absolute Gasteiger partial charge is 0.337 e. The third-order valence-corrected chi connectivity index (χ3v) is 5.93. The molecule has 1 aromatic rings. The van der Waals surface area contributed by atoms with Gasteiger partial charge in [-0.2, -0.15) is 0 Å². The Morgan fingerprint density at radius 3 is 2.72 bits per heavy atom. The SMILES string of the molecule is Cc1ccn(CC2CCCNC2)c(=O)c1C(=O)N1CC2C(C1)C2(F)F. The number of pyridine rings is 1. The number of piperidine rings is 2. The van der Waals surface area contributed by atoms with E-state index in [1.54, 1.807) is 23.8 Å². The molecule has 5 nitrogen and oxygen atoms in total. The Morgan fingerprint density at radius 1 is 1.36 bits per heavy atom. The normalized spacial score (nSPS) is 30.2. The second-order valence-electron chi connectivity index (χ2n) is 7.64. The third kappa shape index (κ3) is 2.78. The number of nitrogens with one attached hydrogen (secondary N) is 1. The number of carbonyl (C=O) groups is 1. The number of carbonyl (C=O) groups excluding carboxylic acids is 1. The number of aryl methyl sites for hydroxylation is 1. The molecule has 25 heavy (non-hydrogen) atoms. The van der Waals surface area contributed by atoms with E-state index in [-0.39, 0.29) is 24.2 Å². The van der Waals surface area contributed by atoms with E-state index in [1.165, 1.54) is 4.90 Å². The molecule has 7 heteroatoms. The van der Waals surface area contributed by atoms with E-state index in [0.717, 1.165) is 25.9 Å². The molecule has 2 saturated heterocycles. The van der Waals surface area contributed by atoms with Gasteiger partial charge in [0.25, 0.3) is 17.4 Å². The van der Waals surface area contributed by atoms with Gasteiger partial charge in [-0.25, -0.2) is 8.78 Å². The van der Waals surface area contributed by atoms with Crippen LogP contribution in [0.4, 0.5) is 8.78 Å². The third-order valence-electron chi connectivity index (χ3n) is 5.93. The van der Waals surface area contributed by atoms with Gasteiger partial charge in [0.2, 0.25) is 0 Å². The van der Waals surface area contributed by atoms with Gasteiger partial charge in [-0.05, 0) is 50.4 Å². The van der Waals surface area contributed by atoms with Crippen LogP contribution in [0.3, 0.4) is 0 Å². The minimum absolute atomic E-state index is 0.0524. The number of hydrogen-bond donors (Lipinski definition) is 1. The van der Waals surface area contributed by atoms with Gasteiger partial charge in [-0.15, -0.1) is 0 Å². The van der Waals surface area contributed by atoms with E-state index in [0.29, 0.717) is 18.0 Å². The van der Waals surface area contributed by atoms with Gasteiger partial charge in [0, 0.05) is 25.8 Å². The van der Waals surface area contributed by atoms with E-state index in [1.807, 2.05) is 0 Å². The average Bonchev–Trinajstić information content (AvgIpc) is 2.95. The summed E-state index contributed by atoms with van der Waals surface area (Å²) in [5.41, 5.74) is 0.444. The highest BCUT2D eigenvalue weighted by atomic mass is 19.3. The maximum atomic E-state index is 13.4. The van der Waals surface area contributed by atoms with Crippen molar-refractivity contribution in [2.24, 2.45) is 17.8 Å². The summed E-state index contributed by atoms with van der Waals surface area (Å²) in [7, 11) is 0. The molecule has 1 amide bonds. The summed E-state index contributed by atoms with van der Waals surface area (Å²) in [6.45, 7) is 4.29. The Labute approximate surface area is 145 Å². The van der Waals surface area contributed by atoms with Crippen LogP contribution in [0.2, 0.25) is 0 Å². The second kappa shape index (κ2) is 5.90. The number of aromatic nitrogens is 1. The predicted octanol–water partition coefficient (Wildman–Crippen LogP) is 1.49. The molecule has 1 aliphatic carbocycles. The van der Waals surface area contributed by atoms with Crippen LogP contribution in [-0.2, 0) is 6.54 Å². The van der Waals surface area contributed by atoms with Gasteiger partial charge >= 0.3 is 0 Å². The van der Waals surface area contributed by atoms with Crippen molar-refractivity contribution in [3.8, 4) is 0 Å². The number of rotatable bonds is 3. The summed E-state index contributed by atoms with van der Waals surface area (Å²) >= 11 is 0. The summed E-state index contributed by atoms with van der Waals surface area (Å²) in [5, 5.41) is 3.32. The number of fused-ring (bicyclic) bond motifs is 1. The van der Waals surface area contributed by atoms with Crippen LogP contribution in [0.15, 0.2) is 17.1 Å². The summed E-state index contributed by atoms with van der Waals surface area (Å²) in [6, 6.07) is 1.77. The smallest absolute Gasteiger partial charge is 0.263 e. The number of hydrogen-bond acceptors (Lipinski definition) is 3. The average molecular weight is 351 g/mol. The van der Waals surface area contributed by atoms with Gasteiger partial charge in [-0.1, -0.05) is 0 Å². The summed E-state index contributed by atoms with van der Waals surface area (Å²) < 4.78 is 28.3. The molecule has 3 fully saturated rings. The highest BCUT2D eigenvalue weighted by Gasteiger charge is 2.72. The molecular formula is C18H23F2N3O2. The van der Waals surface area contributed by atoms with E-state index < -0.39 is 23.7 Å². The first kappa shape index (κ1) is 16.7. The van der Waals surface area contributed by atoms with Crippen molar-refractivity contribution >= 4 is 5.91 Å². The molecule has 136 valence electrons. The molecular weight excluding hydrogens is 328 g/mol. The second-order valence-corrected chi connectivity index (χ2v) is 7.64. The molecule has 3 aliphatic rings. The van der Waals surface area contributed by atoms with Crippen molar-refractivity contribution in [1.29, 1.82) is 0 Å². The number of nitrogens with zero attached hydrogens (tertiary/aromatic N) is 2. The molecule has 3 heterocycles. The maximum Gasteiger partial charge on any atom is 0.263 e. The quantitative estimate of drug-likeness (QED) is 0.898. The van der Waals surface area contributed by atoms with Gasteiger partial charge in [0.1, 0.15) is 5.56 Å². The molecule has 1 aromatic heterocycles. The molecule has 2 aliphatic heterocycles. The number of amides is 1. The molecule has 0 radical (unpaired) electrons. The maximum absolute atomic E-state index is 13.4. The number of likely N-dealkylation sites (tertiary alicyclic amines) is 1. The summed E-state index contributed by atoms with van der Waals surface area (Å²) in [5.74, 6) is -4.11. The van der Waals surface area contributed by atoms with Gasteiger partial charge < -0.3 is 14.8 Å². The lowest BCUT2D eigenvalue weighted by molar-refractivity contribution is 0.0457. The Kier molecular flexibility index (Phi) is 3.94. The zero-order valence-corrected chi connectivity index (χ0v) is 14.3. The first-order valence-electron chi connectivity index (χ1n) is 8.97. The highest BCUT2D eigenvalue weighted by molar-refractivity contribution is 5.95. The molecule has 3 atom stereocenters. The van der Waals surface area contributed by atoms with E-state index in [2.05, 4.69) is 5.32 Å². The minimum Gasteiger partial charge on any atom is -0.337 e. The van der Waals surface area contributed by atoms with E-state index in [4.69, 9.17) is 0 Å². The van der Waals surface area contributed by atoms with Crippen LogP contribution in [0.1, 0.15) is 28.8 Å². The Balaban J connectivity index is 1.54. The summed E-state index contributed by atoms with van der Waals surface area (Å²) in [6.07, 6.45) is 3.88. The van der Waals surface area contributed by atoms with Gasteiger partial charge in [0.15, 0.2) is 0 Å². The van der Waals surface area contributed by atoms with Crippen molar-refractivity contribution < 1.29 is 13.6 Å². The lowest BCUT2D eigenvalue weighted by Crippen LogP contribution is -2.40. The van der Waals surface area contributed by atoms with Crippen LogP contribution in [0.25, 0.3) is 0 Å². The van der Waals surface area contributed by atoms with Crippen LogP contribution in [-0.4, -0.2) is 47.5 Å². The molecule has 0 bridgehead atoms. The van der Waals surface area contributed by atoms with Crippen molar-refractivity contribution in [2.45, 2.75) is 32.2 Å². The van der Waals surface area contributed by atoms with Gasteiger partial charge in [-0.3, -0.25) is 9.59 Å². The van der Waals surface area contributed by atoms with Gasteiger partial charge in [0.05, 0.1) is 11.8 Å². The molecule has 0 spiro atoms. The van der Waals surface area contributed by atoms with Crippen LogP contribution < -0.4 is 10.9 Å². The zero-order valence-electron chi connectivity index (χ0n) is 14.3. The molecule has 4 rings (SSSR count). The fraction of sp³-hybridized carbons (Fsp3) is 0.667. The van der Waals surface area contributed by atoms with Crippen LogP contribution in [0, 0.1) is 24.7 Å². The highest BCUT2D eigenvalue weighted by Crippen LogP contribution is 2.59. The lowest BCUT2D eigenvalue weighted by Gasteiger charge is -2.24. The molecule has 1 N–H and O–H groups in total.